The molecular weight excluding hydrogens is 196 g/mol. The summed E-state index contributed by atoms with van der Waals surface area (Å²) < 4.78 is 1.57. The highest BCUT2D eigenvalue weighted by Crippen LogP contribution is 2.12. The van der Waals surface area contributed by atoms with Gasteiger partial charge in [-0.3, -0.25) is 4.79 Å². The van der Waals surface area contributed by atoms with Crippen LogP contribution < -0.4 is 5.32 Å². The van der Waals surface area contributed by atoms with Gasteiger partial charge in [0.1, 0.15) is 18.7 Å². The molecule has 2 aromatic rings. The van der Waals surface area contributed by atoms with Gasteiger partial charge >= 0.3 is 5.97 Å². The minimum Gasteiger partial charge on any atom is -0.480 e. The molecule has 0 fully saturated rings. The van der Waals surface area contributed by atoms with E-state index in [1.165, 1.54) is 6.33 Å². The summed E-state index contributed by atoms with van der Waals surface area (Å²) in [5.74, 6) is -0.283. The molecule has 2 rings (SSSR count). The first-order chi connectivity index (χ1) is 7.16. The summed E-state index contributed by atoms with van der Waals surface area (Å²) in [6, 6.07) is 3.70. The van der Waals surface area contributed by atoms with Crippen molar-refractivity contribution in [1.82, 2.24) is 14.6 Å². The monoisotopic (exact) mass is 206 g/mol. The van der Waals surface area contributed by atoms with Crippen LogP contribution in [0.5, 0.6) is 0 Å². The van der Waals surface area contributed by atoms with E-state index in [9.17, 15) is 4.79 Å². The number of pyridine rings is 1. The molecule has 2 heterocycles. The van der Waals surface area contributed by atoms with Crippen molar-refractivity contribution in [3.05, 3.63) is 24.0 Å². The van der Waals surface area contributed by atoms with Gasteiger partial charge in [-0.25, -0.2) is 4.98 Å². The van der Waals surface area contributed by atoms with Crippen molar-refractivity contribution in [3.63, 3.8) is 0 Å². The first kappa shape index (κ1) is 9.45. The van der Waals surface area contributed by atoms with Gasteiger partial charge in [0, 0.05) is 0 Å². The molecule has 0 radical (unpaired) electrons. The van der Waals surface area contributed by atoms with Gasteiger partial charge in [-0.05, 0) is 24.6 Å². The Labute approximate surface area is 85.6 Å². The number of rotatable bonds is 3. The van der Waals surface area contributed by atoms with Crippen LogP contribution >= 0.6 is 0 Å². The second kappa shape index (κ2) is 3.56. The summed E-state index contributed by atoms with van der Waals surface area (Å²) >= 11 is 0. The second-order valence-corrected chi connectivity index (χ2v) is 3.20. The Kier molecular flexibility index (Phi) is 2.24. The van der Waals surface area contributed by atoms with Crippen LogP contribution in [0.25, 0.3) is 5.65 Å². The number of carbonyl (C=O) groups is 1. The van der Waals surface area contributed by atoms with E-state index < -0.39 is 5.97 Å². The van der Waals surface area contributed by atoms with Gasteiger partial charge in [0.05, 0.1) is 0 Å². The Morgan fingerprint density at radius 1 is 1.60 bits per heavy atom. The Morgan fingerprint density at radius 2 is 2.40 bits per heavy atom. The molecule has 0 aliphatic carbocycles. The van der Waals surface area contributed by atoms with Gasteiger partial charge in [-0.15, -0.1) is 0 Å². The lowest BCUT2D eigenvalue weighted by atomic mass is 10.3. The standard InChI is InChI=1S/C9H10N4O2/c1-6-2-7(10-4-9(14)15)13-8(3-6)11-5-12-13/h2-3,5,10H,4H2,1H3,(H,14,15). The van der Waals surface area contributed by atoms with Crippen LogP contribution in [0, 0.1) is 6.92 Å². The highest BCUT2D eigenvalue weighted by atomic mass is 16.4. The number of carboxylic acid groups (broad SMARTS) is 1. The number of nitrogens with one attached hydrogen (secondary N) is 1. The molecule has 6 heteroatoms. The van der Waals surface area contributed by atoms with Gasteiger partial charge in [0.15, 0.2) is 5.65 Å². The second-order valence-electron chi connectivity index (χ2n) is 3.20. The van der Waals surface area contributed by atoms with Crippen LogP contribution in [-0.4, -0.2) is 32.2 Å². The van der Waals surface area contributed by atoms with E-state index in [-0.39, 0.29) is 6.54 Å². The zero-order chi connectivity index (χ0) is 10.8. The van der Waals surface area contributed by atoms with Gasteiger partial charge < -0.3 is 10.4 Å². The lowest BCUT2D eigenvalue weighted by molar-refractivity contribution is -0.134. The van der Waals surface area contributed by atoms with Crippen LogP contribution in [0.3, 0.4) is 0 Å². The molecule has 15 heavy (non-hydrogen) atoms. The number of nitrogens with zero attached hydrogens (tertiary/aromatic N) is 3. The SMILES string of the molecule is Cc1cc(NCC(=O)O)n2ncnc2c1. The van der Waals surface area contributed by atoms with Gasteiger partial charge in [0.2, 0.25) is 0 Å². The molecule has 0 saturated carbocycles. The zero-order valence-corrected chi connectivity index (χ0v) is 8.14. The molecule has 2 N–H and O–H groups in total. The van der Waals surface area contributed by atoms with Crippen LogP contribution in [0.4, 0.5) is 5.82 Å². The highest BCUT2D eigenvalue weighted by Gasteiger charge is 2.04. The smallest absolute Gasteiger partial charge is 0.322 e. The molecule has 0 aliphatic rings. The largest absolute Gasteiger partial charge is 0.480 e. The lowest BCUT2D eigenvalue weighted by Gasteiger charge is -2.06. The Morgan fingerprint density at radius 3 is 3.13 bits per heavy atom. The predicted molar refractivity (Wildman–Crippen MR) is 53.8 cm³/mol. The van der Waals surface area contributed by atoms with Crippen molar-refractivity contribution in [2.75, 3.05) is 11.9 Å². The van der Waals surface area contributed by atoms with E-state index in [1.807, 2.05) is 19.1 Å². The highest BCUT2D eigenvalue weighted by molar-refractivity contribution is 5.72. The number of hydrogen-bond donors (Lipinski definition) is 2. The van der Waals surface area contributed by atoms with E-state index in [0.29, 0.717) is 11.5 Å². The molecule has 6 nitrogen and oxygen atoms in total. The van der Waals surface area contributed by atoms with E-state index >= 15 is 0 Å². The number of aromatic nitrogens is 3. The Hall–Kier alpha value is -2.11. The van der Waals surface area contributed by atoms with E-state index in [1.54, 1.807) is 4.52 Å². The predicted octanol–water partition coefficient (Wildman–Crippen LogP) is 0.534. The number of hydrogen-bond acceptors (Lipinski definition) is 4. The number of aliphatic carboxylic acids is 1. The van der Waals surface area contributed by atoms with E-state index in [2.05, 4.69) is 15.4 Å². The number of fused-ring (bicyclic) bond motifs is 1. The summed E-state index contributed by atoms with van der Waals surface area (Å²) in [6.45, 7) is 1.78. The molecule has 0 bridgehead atoms. The fourth-order valence-corrected chi connectivity index (χ4v) is 1.35. The normalized spacial score (nSPS) is 10.5. The molecule has 0 aliphatic heterocycles. The van der Waals surface area contributed by atoms with E-state index in [0.717, 1.165) is 5.56 Å². The minimum absolute atomic E-state index is 0.140. The zero-order valence-electron chi connectivity index (χ0n) is 8.14. The Bertz CT molecular complexity index is 506. The number of carboxylic acids is 1. The quantitative estimate of drug-likeness (QED) is 0.765. The molecule has 0 spiro atoms. The fraction of sp³-hybridized carbons (Fsp3) is 0.222. The van der Waals surface area contributed by atoms with Gasteiger partial charge in [-0.2, -0.15) is 9.61 Å². The van der Waals surface area contributed by atoms with Crippen LogP contribution in [-0.2, 0) is 4.79 Å². The minimum atomic E-state index is -0.912. The van der Waals surface area contributed by atoms with Crippen LogP contribution in [0.1, 0.15) is 5.56 Å². The van der Waals surface area contributed by atoms with Gasteiger partial charge in [0.25, 0.3) is 0 Å². The third-order valence-electron chi connectivity index (χ3n) is 1.94. The summed E-state index contributed by atoms with van der Waals surface area (Å²) in [6.07, 6.45) is 1.43. The summed E-state index contributed by atoms with van der Waals surface area (Å²) in [5, 5.41) is 15.3. The summed E-state index contributed by atoms with van der Waals surface area (Å²) in [4.78, 5) is 14.5. The molecule has 78 valence electrons. The molecule has 0 atom stereocenters. The summed E-state index contributed by atoms with van der Waals surface area (Å²) in [5.41, 5.74) is 1.70. The average molecular weight is 206 g/mol. The van der Waals surface area contributed by atoms with Crippen molar-refractivity contribution in [2.45, 2.75) is 6.92 Å². The number of aryl methyl sites for hydroxylation is 1. The van der Waals surface area contributed by atoms with Crippen molar-refractivity contribution in [1.29, 1.82) is 0 Å². The van der Waals surface area contributed by atoms with Crippen molar-refractivity contribution < 1.29 is 9.90 Å². The van der Waals surface area contributed by atoms with Crippen molar-refractivity contribution in [2.24, 2.45) is 0 Å². The molecule has 0 aromatic carbocycles. The topological polar surface area (TPSA) is 79.5 Å². The Balaban J connectivity index is 2.39. The lowest BCUT2D eigenvalue weighted by Crippen LogP contribution is -2.14. The fourth-order valence-electron chi connectivity index (χ4n) is 1.35. The first-order valence-corrected chi connectivity index (χ1v) is 4.43. The maximum atomic E-state index is 10.4. The van der Waals surface area contributed by atoms with Crippen LogP contribution in [0.2, 0.25) is 0 Å². The molecular formula is C9H10N4O2. The maximum Gasteiger partial charge on any atom is 0.322 e. The van der Waals surface area contributed by atoms with Crippen molar-refractivity contribution >= 4 is 17.4 Å². The molecule has 2 aromatic heterocycles. The maximum absolute atomic E-state index is 10.4. The molecule has 0 saturated heterocycles. The average Bonchev–Trinajstić information content (AvgIpc) is 2.61. The van der Waals surface area contributed by atoms with E-state index in [4.69, 9.17) is 5.11 Å². The molecule has 0 unspecified atom stereocenters. The third-order valence-corrected chi connectivity index (χ3v) is 1.94. The van der Waals surface area contributed by atoms with Crippen LogP contribution in [0.15, 0.2) is 18.5 Å². The third kappa shape index (κ3) is 1.88. The first-order valence-electron chi connectivity index (χ1n) is 4.43. The number of anilines is 1. The summed E-state index contributed by atoms with van der Waals surface area (Å²) in [7, 11) is 0. The van der Waals surface area contributed by atoms with Crippen molar-refractivity contribution in [3.8, 4) is 0 Å². The van der Waals surface area contributed by atoms with Gasteiger partial charge in [-0.1, -0.05) is 0 Å². The molecule has 0 amide bonds.